The summed E-state index contributed by atoms with van der Waals surface area (Å²) in [5, 5.41) is 3.39. The van der Waals surface area contributed by atoms with Crippen LogP contribution in [0.3, 0.4) is 0 Å². The van der Waals surface area contributed by atoms with Gasteiger partial charge in [0.1, 0.15) is 28.4 Å². The molecule has 4 aromatic rings. The Hall–Kier alpha value is -3.81. The van der Waals surface area contributed by atoms with Crippen molar-refractivity contribution < 1.29 is 26.7 Å². The molecule has 0 spiro atoms. The minimum Gasteiger partial charge on any atom is -0.480 e. The summed E-state index contributed by atoms with van der Waals surface area (Å²) in [6.45, 7) is 2.19. The zero-order valence-corrected chi connectivity index (χ0v) is 22.0. The number of benzene rings is 2. The van der Waals surface area contributed by atoms with Crippen molar-refractivity contribution in [1.82, 2.24) is 19.9 Å². The van der Waals surface area contributed by atoms with Crippen molar-refractivity contribution >= 4 is 32.7 Å². The molecule has 0 amide bonds. The van der Waals surface area contributed by atoms with Crippen LogP contribution >= 0.6 is 0 Å². The van der Waals surface area contributed by atoms with E-state index in [1.54, 1.807) is 0 Å². The Morgan fingerprint density at radius 1 is 1.18 bits per heavy atom. The summed E-state index contributed by atoms with van der Waals surface area (Å²) in [6.07, 6.45) is 4.52. The number of fused-ring (bicyclic) bond motifs is 1. The minimum absolute atomic E-state index is 0.00736. The maximum absolute atomic E-state index is 14.2. The molecule has 1 fully saturated rings. The number of aromatic nitrogens is 3. The number of aryl methyl sites for hydroxylation is 1. The van der Waals surface area contributed by atoms with Crippen LogP contribution in [0.5, 0.6) is 5.88 Å². The van der Waals surface area contributed by atoms with Crippen LogP contribution in [0.2, 0.25) is 0 Å². The molecule has 1 aliphatic heterocycles. The molecule has 13 heteroatoms. The Bertz CT molecular complexity index is 1610. The molecule has 0 bridgehead atoms. The molecule has 2 aromatic carbocycles. The lowest BCUT2D eigenvalue weighted by Crippen LogP contribution is -2.29. The number of nitrogens with one attached hydrogen (secondary N) is 2. The Morgan fingerprint density at radius 3 is 2.77 bits per heavy atom. The maximum Gasteiger partial charge on any atom is 0.264 e. The third-order valence-corrected chi connectivity index (χ3v) is 7.84. The van der Waals surface area contributed by atoms with Crippen molar-refractivity contribution in [1.29, 1.82) is 0 Å². The summed E-state index contributed by atoms with van der Waals surface area (Å²) in [5.74, 6) is -1.73. The molecule has 1 saturated heterocycles. The van der Waals surface area contributed by atoms with Crippen LogP contribution in [-0.4, -0.2) is 49.4 Å². The SMILES string of the molecule is COc1ncc(-c2ccc3nc(N)n(CCCNC4CCCO4)c3c2)cc1NS(=O)(=O)c1ccc(F)cc1F. The highest BCUT2D eigenvalue weighted by atomic mass is 32.2. The fourth-order valence-electron chi connectivity index (χ4n) is 4.53. The van der Waals surface area contributed by atoms with Crippen molar-refractivity contribution in [3.63, 3.8) is 0 Å². The van der Waals surface area contributed by atoms with Gasteiger partial charge in [0.05, 0.1) is 18.1 Å². The van der Waals surface area contributed by atoms with Gasteiger partial charge in [-0.05, 0) is 61.7 Å². The summed E-state index contributed by atoms with van der Waals surface area (Å²) in [4.78, 5) is 7.97. The highest BCUT2D eigenvalue weighted by Crippen LogP contribution is 2.32. The van der Waals surface area contributed by atoms with Gasteiger partial charge in [-0.3, -0.25) is 10.0 Å². The number of ether oxygens (including phenoxy) is 2. The standard InChI is InChI=1S/C26H28F2N6O4S/c1-37-25-21(33-39(35,36)23-8-6-18(27)14-19(23)28)12-17(15-31-25)16-5-7-20-22(13-16)34(26(29)32-20)10-3-9-30-24-4-2-11-38-24/h5-8,12-15,24,30,33H,2-4,9-11H2,1H3,(H2,29,32). The second kappa shape index (κ2) is 11.1. The quantitative estimate of drug-likeness (QED) is 0.250. The van der Waals surface area contributed by atoms with Crippen LogP contribution in [-0.2, 0) is 21.3 Å². The van der Waals surface area contributed by atoms with E-state index < -0.39 is 26.6 Å². The second-order valence-corrected chi connectivity index (χ2v) is 10.7. The number of rotatable bonds is 10. The van der Waals surface area contributed by atoms with Gasteiger partial charge in [-0.25, -0.2) is 27.2 Å². The first kappa shape index (κ1) is 26.8. The molecule has 3 heterocycles. The summed E-state index contributed by atoms with van der Waals surface area (Å²) in [5.41, 5.74) is 9.02. The largest absolute Gasteiger partial charge is 0.480 e. The third-order valence-electron chi connectivity index (χ3n) is 6.44. The predicted octanol–water partition coefficient (Wildman–Crippen LogP) is 3.88. The first-order chi connectivity index (χ1) is 18.7. The van der Waals surface area contributed by atoms with Crippen LogP contribution in [0.4, 0.5) is 20.4 Å². The van der Waals surface area contributed by atoms with Gasteiger partial charge >= 0.3 is 0 Å². The molecule has 10 nitrogen and oxygen atoms in total. The van der Waals surface area contributed by atoms with Crippen molar-refractivity contribution in [3.8, 4) is 17.0 Å². The summed E-state index contributed by atoms with van der Waals surface area (Å²) >= 11 is 0. The van der Waals surface area contributed by atoms with Gasteiger partial charge in [0.25, 0.3) is 10.0 Å². The number of halogens is 2. The zero-order chi connectivity index (χ0) is 27.6. The van der Waals surface area contributed by atoms with Gasteiger partial charge in [-0.15, -0.1) is 0 Å². The van der Waals surface area contributed by atoms with Gasteiger partial charge in [0, 0.05) is 31.0 Å². The van der Waals surface area contributed by atoms with Crippen molar-refractivity contribution in [2.24, 2.45) is 0 Å². The molecule has 1 unspecified atom stereocenters. The van der Waals surface area contributed by atoms with Gasteiger partial charge in [0.2, 0.25) is 11.8 Å². The topological polar surface area (TPSA) is 133 Å². The maximum atomic E-state index is 14.2. The smallest absolute Gasteiger partial charge is 0.264 e. The highest BCUT2D eigenvalue weighted by molar-refractivity contribution is 7.92. The average Bonchev–Trinajstić information content (AvgIpc) is 3.53. The van der Waals surface area contributed by atoms with E-state index in [1.807, 2.05) is 22.8 Å². The molecule has 0 saturated carbocycles. The number of anilines is 2. The van der Waals surface area contributed by atoms with Crippen molar-refractivity contribution in [2.75, 3.05) is 30.7 Å². The summed E-state index contributed by atoms with van der Waals surface area (Å²) in [7, 11) is -3.07. The Labute approximate surface area is 224 Å². The fourth-order valence-corrected chi connectivity index (χ4v) is 5.64. The number of imidazole rings is 1. The van der Waals surface area contributed by atoms with Crippen LogP contribution in [0.15, 0.2) is 53.6 Å². The van der Waals surface area contributed by atoms with E-state index in [4.69, 9.17) is 15.2 Å². The van der Waals surface area contributed by atoms with Gasteiger partial charge < -0.3 is 19.8 Å². The average molecular weight is 559 g/mol. The zero-order valence-electron chi connectivity index (χ0n) is 21.2. The molecule has 0 radical (unpaired) electrons. The lowest BCUT2D eigenvalue weighted by molar-refractivity contribution is 0.0839. The molecule has 206 valence electrons. The van der Waals surface area contributed by atoms with Crippen LogP contribution in [0.25, 0.3) is 22.2 Å². The molecule has 4 N–H and O–H groups in total. The number of pyridine rings is 1. The normalized spacial score (nSPS) is 15.6. The molecular formula is C26H28F2N6O4S. The number of sulfonamides is 1. The van der Waals surface area contributed by atoms with E-state index in [9.17, 15) is 17.2 Å². The molecule has 1 aliphatic rings. The Morgan fingerprint density at radius 2 is 2.03 bits per heavy atom. The molecule has 1 atom stereocenters. The summed E-state index contributed by atoms with van der Waals surface area (Å²) in [6, 6.07) is 9.29. The number of methoxy groups -OCH3 is 1. The highest BCUT2D eigenvalue weighted by Gasteiger charge is 2.22. The van der Waals surface area contributed by atoms with Crippen molar-refractivity contribution in [2.45, 2.75) is 36.9 Å². The van der Waals surface area contributed by atoms with Gasteiger partial charge in [-0.2, -0.15) is 0 Å². The molecule has 39 heavy (non-hydrogen) atoms. The van der Waals surface area contributed by atoms with Crippen molar-refractivity contribution in [3.05, 3.63) is 60.3 Å². The third kappa shape index (κ3) is 5.79. The van der Waals surface area contributed by atoms with Crippen LogP contribution in [0, 0.1) is 11.6 Å². The Balaban J connectivity index is 1.41. The number of nitrogens with two attached hydrogens (primary N) is 1. The summed E-state index contributed by atoms with van der Waals surface area (Å²) < 4.78 is 68.3. The number of nitrogen functional groups attached to an aromatic ring is 1. The predicted molar refractivity (Wildman–Crippen MR) is 143 cm³/mol. The molecule has 5 rings (SSSR count). The number of nitrogens with zero attached hydrogens (tertiary/aromatic N) is 3. The number of hydrogen-bond donors (Lipinski definition) is 3. The van der Waals surface area contributed by atoms with E-state index >= 15 is 0 Å². The lowest BCUT2D eigenvalue weighted by atomic mass is 10.1. The van der Waals surface area contributed by atoms with Crippen LogP contribution in [0.1, 0.15) is 19.3 Å². The van der Waals surface area contributed by atoms with E-state index in [1.165, 1.54) is 19.4 Å². The fraction of sp³-hybridized carbons (Fsp3) is 0.308. The van der Waals surface area contributed by atoms with E-state index in [-0.39, 0.29) is 17.8 Å². The van der Waals surface area contributed by atoms with E-state index in [2.05, 4.69) is 20.0 Å². The minimum atomic E-state index is -4.41. The van der Waals surface area contributed by atoms with E-state index in [0.29, 0.717) is 24.1 Å². The first-order valence-corrected chi connectivity index (χ1v) is 13.9. The molecular weight excluding hydrogens is 530 g/mol. The monoisotopic (exact) mass is 558 g/mol. The second-order valence-electron chi connectivity index (χ2n) is 9.10. The lowest BCUT2D eigenvalue weighted by Gasteiger charge is -2.14. The van der Waals surface area contributed by atoms with Crippen LogP contribution < -0.4 is 20.5 Å². The first-order valence-electron chi connectivity index (χ1n) is 12.4. The Kier molecular flexibility index (Phi) is 7.64. The van der Waals surface area contributed by atoms with Gasteiger partial charge in [-0.1, -0.05) is 6.07 Å². The number of hydrogen-bond acceptors (Lipinski definition) is 8. The molecule has 2 aromatic heterocycles. The van der Waals surface area contributed by atoms with Gasteiger partial charge in [0.15, 0.2) is 0 Å². The molecule has 0 aliphatic carbocycles. The van der Waals surface area contributed by atoms with E-state index in [0.717, 1.165) is 61.1 Å².